The quantitative estimate of drug-likeness (QED) is 0.561. The molecule has 0 radical (unpaired) electrons. The van der Waals surface area contributed by atoms with Gasteiger partial charge in [0.1, 0.15) is 6.04 Å². The third-order valence-corrected chi connectivity index (χ3v) is 4.21. The Morgan fingerprint density at radius 1 is 1.36 bits per heavy atom. The highest BCUT2D eigenvalue weighted by atomic mass is 35.5. The van der Waals surface area contributed by atoms with Crippen LogP contribution in [0.1, 0.15) is 6.92 Å². The number of esters is 1. The number of hydrogen-bond acceptors (Lipinski definition) is 6. The van der Waals surface area contributed by atoms with Gasteiger partial charge in [-0.25, -0.2) is 8.42 Å². The summed E-state index contributed by atoms with van der Waals surface area (Å²) in [7, 11) is -4.09. The van der Waals surface area contributed by atoms with Crippen molar-refractivity contribution < 1.29 is 27.9 Å². The summed E-state index contributed by atoms with van der Waals surface area (Å²) in [5, 5.41) is 9.88. The molecule has 122 valence electrons. The predicted octanol–water partition coefficient (Wildman–Crippen LogP) is -0.604. The Kier molecular flexibility index (Phi) is 6.30. The van der Waals surface area contributed by atoms with E-state index in [1.54, 1.807) is 0 Å². The van der Waals surface area contributed by atoms with Gasteiger partial charge in [-0.3, -0.25) is 9.59 Å². The maximum absolute atomic E-state index is 12.1. The van der Waals surface area contributed by atoms with Crippen LogP contribution in [0.25, 0.3) is 0 Å². The highest BCUT2D eigenvalue weighted by Gasteiger charge is 2.31. The lowest BCUT2D eigenvalue weighted by atomic mass is 10.2. The zero-order valence-electron chi connectivity index (χ0n) is 11.5. The van der Waals surface area contributed by atoms with Crippen LogP contribution in [0.2, 0.25) is 5.02 Å². The molecular weight excluding hydrogens is 336 g/mol. The number of carbonyl (C=O) groups excluding carboxylic acids is 2. The number of rotatable bonds is 7. The van der Waals surface area contributed by atoms with E-state index in [1.165, 1.54) is 31.2 Å². The van der Waals surface area contributed by atoms with Crippen molar-refractivity contribution in [2.45, 2.75) is 24.0 Å². The van der Waals surface area contributed by atoms with Crippen molar-refractivity contribution in [3.05, 3.63) is 29.3 Å². The number of aliphatic hydroxyl groups is 1. The zero-order chi connectivity index (χ0) is 16.9. The number of hydrogen-bond donors (Lipinski definition) is 3. The summed E-state index contributed by atoms with van der Waals surface area (Å²) >= 11 is 5.67. The minimum absolute atomic E-state index is 0.148. The number of nitrogens with one attached hydrogen (secondary N) is 1. The van der Waals surface area contributed by atoms with E-state index < -0.39 is 40.7 Å². The third-order valence-electron chi connectivity index (χ3n) is 2.50. The Hall–Kier alpha value is -1.68. The molecule has 0 unspecified atom stereocenters. The van der Waals surface area contributed by atoms with E-state index in [1.807, 2.05) is 4.72 Å². The fraction of sp³-hybridized carbons (Fsp3) is 0.333. The molecule has 4 N–H and O–H groups in total. The SMILES string of the molecule is C[C@H](O)[C@@H](NS(=O)(=O)c1ccc(Cl)cc1)C(=O)OCC(N)=O. The van der Waals surface area contributed by atoms with Gasteiger partial charge >= 0.3 is 5.97 Å². The van der Waals surface area contributed by atoms with Gasteiger partial charge in [-0.15, -0.1) is 0 Å². The lowest BCUT2D eigenvalue weighted by Crippen LogP contribution is -2.48. The number of aliphatic hydroxyl groups excluding tert-OH is 1. The Morgan fingerprint density at radius 3 is 2.36 bits per heavy atom. The lowest BCUT2D eigenvalue weighted by molar-refractivity contribution is -0.151. The van der Waals surface area contributed by atoms with Crippen molar-refractivity contribution in [2.24, 2.45) is 5.73 Å². The Labute approximate surface area is 132 Å². The number of amides is 1. The standard InChI is InChI=1S/C12H15ClN2O6S/c1-7(16)11(12(18)21-6-10(14)17)15-22(19,20)9-4-2-8(13)3-5-9/h2-5,7,11,15-16H,6H2,1H3,(H2,14,17)/t7-,11+/m0/s1. The summed E-state index contributed by atoms with van der Waals surface area (Å²) in [6.07, 6.45) is -1.39. The van der Waals surface area contributed by atoms with Crippen LogP contribution in [0.3, 0.4) is 0 Å². The van der Waals surface area contributed by atoms with Crippen molar-refractivity contribution in [3.8, 4) is 0 Å². The molecule has 0 saturated heterocycles. The first-order chi connectivity index (χ1) is 10.1. The lowest BCUT2D eigenvalue weighted by Gasteiger charge is -2.19. The van der Waals surface area contributed by atoms with Crippen molar-refractivity contribution in [3.63, 3.8) is 0 Å². The van der Waals surface area contributed by atoms with Crippen molar-refractivity contribution in [1.82, 2.24) is 4.72 Å². The van der Waals surface area contributed by atoms with Gasteiger partial charge in [0.25, 0.3) is 5.91 Å². The monoisotopic (exact) mass is 350 g/mol. The molecule has 1 rings (SSSR count). The van der Waals surface area contributed by atoms with E-state index in [0.717, 1.165) is 0 Å². The van der Waals surface area contributed by atoms with Crippen LogP contribution in [0.4, 0.5) is 0 Å². The van der Waals surface area contributed by atoms with E-state index in [-0.39, 0.29) is 4.90 Å². The molecule has 0 aliphatic carbocycles. The number of sulfonamides is 1. The van der Waals surface area contributed by atoms with Crippen LogP contribution >= 0.6 is 11.6 Å². The maximum Gasteiger partial charge on any atom is 0.327 e. The van der Waals surface area contributed by atoms with E-state index >= 15 is 0 Å². The molecule has 8 nitrogen and oxygen atoms in total. The number of ether oxygens (including phenoxy) is 1. The fourth-order valence-corrected chi connectivity index (χ4v) is 2.81. The third kappa shape index (κ3) is 5.26. The molecule has 0 heterocycles. The van der Waals surface area contributed by atoms with Crippen molar-refractivity contribution >= 4 is 33.5 Å². The van der Waals surface area contributed by atoms with E-state index in [4.69, 9.17) is 17.3 Å². The summed E-state index contributed by atoms with van der Waals surface area (Å²) in [5.41, 5.74) is 4.82. The van der Waals surface area contributed by atoms with Crippen LogP contribution in [0.5, 0.6) is 0 Å². The minimum Gasteiger partial charge on any atom is -0.454 e. The second-order valence-corrected chi connectivity index (χ2v) is 6.52. The largest absolute Gasteiger partial charge is 0.454 e. The molecule has 0 aliphatic rings. The fourth-order valence-electron chi connectivity index (χ4n) is 1.42. The smallest absolute Gasteiger partial charge is 0.327 e. The number of nitrogens with two attached hydrogens (primary N) is 1. The highest BCUT2D eigenvalue weighted by Crippen LogP contribution is 2.15. The summed E-state index contributed by atoms with van der Waals surface area (Å²) in [5.74, 6) is -2.02. The Bertz CT molecular complexity index is 644. The van der Waals surface area contributed by atoms with E-state index in [9.17, 15) is 23.1 Å². The highest BCUT2D eigenvalue weighted by molar-refractivity contribution is 7.89. The number of primary amides is 1. The van der Waals surface area contributed by atoms with Gasteiger partial charge in [0.2, 0.25) is 10.0 Å². The van der Waals surface area contributed by atoms with Crippen LogP contribution in [-0.4, -0.2) is 44.2 Å². The second-order valence-electron chi connectivity index (χ2n) is 4.37. The topological polar surface area (TPSA) is 136 Å². The molecule has 0 fully saturated rings. The first-order valence-electron chi connectivity index (χ1n) is 6.04. The molecule has 0 aromatic heterocycles. The van der Waals surface area contributed by atoms with Gasteiger partial charge in [-0.05, 0) is 31.2 Å². The maximum atomic E-state index is 12.1. The molecule has 0 spiro atoms. The average Bonchev–Trinajstić information content (AvgIpc) is 2.42. The number of carbonyl (C=O) groups is 2. The molecule has 0 saturated carbocycles. The van der Waals surface area contributed by atoms with Crippen LogP contribution in [0, 0.1) is 0 Å². The number of benzene rings is 1. The normalized spacial score (nSPS) is 14.1. The van der Waals surface area contributed by atoms with Gasteiger partial charge < -0.3 is 15.6 Å². The summed E-state index contributed by atoms with van der Waals surface area (Å²) < 4.78 is 30.8. The van der Waals surface area contributed by atoms with Crippen LogP contribution < -0.4 is 10.5 Å². The summed E-state index contributed by atoms with van der Waals surface area (Å²) in [4.78, 5) is 22.1. The predicted molar refractivity (Wildman–Crippen MR) is 77.4 cm³/mol. The Balaban J connectivity index is 2.92. The average molecular weight is 351 g/mol. The van der Waals surface area contributed by atoms with Crippen molar-refractivity contribution in [2.75, 3.05) is 6.61 Å². The summed E-state index contributed by atoms with van der Waals surface area (Å²) in [6.45, 7) is 0.477. The molecule has 1 aromatic rings. The first kappa shape index (κ1) is 18.4. The van der Waals surface area contributed by atoms with Gasteiger partial charge in [-0.2, -0.15) is 4.72 Å². The zero-order valence-corrected chi connectivity index (χ0v) is 13.1. The molecule has 1 amide bonds. The molecule has 22 heavy (non-hydrogen) atoms. The van der Waals surface area contributed by atoms with Gasteiger partial charge in [0.05, 0.1) is 11.0 Å². The second kappa shape index (κ2) is 7.54. The van der Waals surface area contributed by atoms with E-state index in [2.05, 4.69) is 4.74 Å². The first-order valence-corrected chi connectivity index (χ1v) is 7.90. The van der Waals surface area contributed by atoms with Crippen LogP contribution in [0.15, 0.2) is 29.2 Å². The summed E-state index contributed by atoms with van der Waals surface area (Å²) in [6, 6.07) is 3.61. The minimum atomic E-state index is -4.09. The van der Waals surface area contributed by atoms with E-state index in [0.29, 0.717) is 5.02 Å². The molecular formula is C12H15ClN2O6S. The van der Waals surface area contributed by atoms with Gasteiger partial charge in [0, 0.05) is 5.02 Å². The number of halogens is 1. The van der Waals surface area contributed by atoms with Gasteiger partial charge in [-0.1, -0.05) is 11.6 Å². The molecule has 1 aromatic carbocycles. The molecule has 0 bridgehead atoms. The van der Waals surface area contributed by atoms with Gasteiger partial charge in [0.15, 0.2) is 6.61 Å². The molecule has 10 heteroatoms. The molecule has 0 aliphatic heterocycles. The van der Waals surface area contributed by atoms with Crippen molar-refractivity contribution in [1.29, 1.82) is 0 Å². The molecule has 2 atom stereocenters. The Morgan fingerprint density at radius 2 is 1.91 bits per heavy atom. The van der Waals surface area contributed by atoms with Crippen LogP contribution in [-0.2, 0) is 24.3 Å².